The van der Waals surface area contributed by atoms with Crippen molar-refractivity contribution in [2.24, 2.45) is 5.41 Å². The molecule has 3 aromatic carbocycles. The normalized spacial score (nSPS) is 16.7. The summed E-state index contributed by atoms with van der Waals surface area (Å²) in [6, 6.07) is 22.8. The Morgan fingerprint density at radius 3 is 2.31 bits per heavy atom. The standard InChI is InChI=1S/C31H37N3O3S2/c1-30(2,3)33-39(36,37)26-11-7-10-24(20-26)32-29(35)27-13-12-25(38-22-23-8-5-4-6-9-23)21-28(27)34-18-16-31(14-15-31)17-19-34/h4-13,20-21,33H,14-19,22H2,1-3H3,(H,32,35). The van der Waals surface area contributed by atoms with Crippen molar-refractivity contribution in [2.75, 3.05) is 23.3 Å². The Balaban J connectivity index is 1.38. The molecule has 3 aromatic rings. The number of nitrogens with one attached hydrogen (secondary N) is 2. The van der Waals surface area contributed by atoms with E-state index in [0.29, 0.717) is 16.7 Å². The maximum Gasteiger partial charge on any atom is 0.257 e. The van der Waals surface area contributed by atoms with E-state index in [1.54, 1.807) is 44.7 Å². The van der Waals surface area contributed by atoms with Gasteiger partial charge in [0.2, 0.25) is 10.0 Å². The molecule has 1 amide bonds. The van der Waals surface area contributed by atoms with Crippen LogP contribution in [0.1, 0.15) is 62.4 Å². The van der Waals surface area contributed by atoms with Crippen LogP contribution >= 0.6 is 11.8 Å². The zero-order chi connectivity index (χ0) is 27.7. The van der Waals surface area contributed by atoms with Crippen molar-refractivity contribution >= 4 is 39.1 Å². The second kappa shape index (κ2) is 11.0. The third-order valence-corrected chi connectivity index (χ3v) is 10.2. The van der Waals surface area contributed by atoms with Gasteiger partial charge >= 0.3 is 0 Å². The molecule has 1 aliphatic heterocycles. The van der Waals surface area contributed by atoms with E-state index >= 15 is 0 Å². The minimum Gasteiger partial charge on any atom is -0.371 e. The summed E-state index contributed by atoms with van der Waals surface area (Å²) in [6.07, 6.45) is 4.97. The molecule has 8 heteroatoms. The van der Waals surface area contributed by atoms with Crippen molar-refractivity contribution in [3.63, 3.8) is 0 Å². The molecule has 1 heterocycles. The van der Waals surface area contributed by atoms with E-state index < -0.39 is 15.6 Å². The molecule has 0 aromatic heterocycles. The Kier molecular flexibility index (Phi) is 7.82. The Morgan fingerprint density at radius 2 is 1.64 bits per heavy atom. The lowest BCUT2D eigenvalue weighted by Crippen LogP contribution is -2.40. The maximum atomic E-state index is 13.6. The smallest absolute Gasteiger partial charge is 0.257 e. The first kappa shape index (κ1) is 27.7. The fourth-order valence-electron chi connectivity index (χ4n) is 5.10. The minimum atomic E-state index is -3.72. The topological polar surface area (TPSA) is 78.5 Å². The Bertz CT molecular complexity index is 1440. The lowest BCUT2D eigenvalue weighted by Gasteiger charge is -2.35. The van der Waals surface area contributed by atoms with E-state index in [0.717, 1.165) is 42.3 Å². The second-order valence-corrected chi connectivity index (χ2v) is 14.5. The number of hydrogen-bond donors (Lipinski definition) is 2. The number of hydrogen-bond acceptors (Lipinski definition) is 5. The van der Waals surface area contributed by atoms with Gasteiger partial charge in [0.15, 0.2) is 0 Å². The zero-order valence-electron chi connectivity index (χ0n) is 22.9. The van der Waals surface area contributed by atoms with Crippen LogP contribution < -0.4 is 14.9 Å². The van der Waals surface area contributed by atoms with Gasteiger partial charge in [0.1, 0.15) is 0 Å². The number of piperidine rings is 1. The van der Waals surface area contributed by atoms with Crippen molar-refractivity contribution < 1.29 is 13.2 Å². The molecule has 2 aliphatic rings. The van der Waals surface area contributed by atoms with Gasteiger partial charge in [0.05, 0.1) is 16.1 Å². The van der Waals surface area contributed by atoms with E-state index in [-0.39, 0.29) is 10.8 Å². The van der Waals surface area contributed by atoms with Crippen LogP contribution in [0.15, 0.2) is 82.6 Å². The first-order valence-electron chi connectivity index (χ1n) is 13.5. The second-order valence-electron chi connectivity index (χ2n) is 11.8. The number of carbonyl (C=O) groups is 1. The van der Waals surface area contributed by atoms with Crippen LogP contribution in [0.5, 0.6) is 0 Å². The highest BCUT2D eigenvalue weighted by molar-refractivity contribution is 7.98. The summed E-state index contributed by atoms with van der Waals surface area (Å²) in [5, 5.41) is 2.95. The Labute approximate surface area is 236 Å². The summed E-state index contributed by atoms with van der Waals surface area (Å²) < 4.78 is 28.4. The number of rotatable bonds is 8. The summed E-state index contributed by atoms with van der Waals surface area (Å²) in [5.41, 5.74) is 3.18. The molecule has 1 spiro atoms. The van der Waals surface area contributed by atoms with Crippen molar-refractivity contribution in [2.45, 2.75) is 67.5 Å². The van der Waals surface area contributed by atoms with Crippen LogP contribution in [-0.4, -0.2) is 33.0 Å². The quantitative estimate of drug-likeness (QED) is 0.299. The summed E-state index contributed by atoms with van der Waals surface area (Å²) >= 11 is 1.77. The highest BCUT2D eigenvalue weighted by Gasteiger charge is 2.44. The predicted octanol–water partition coefficient (Wildman–Crippen LogP) is 6.69. The maximum absolute atomic E-state index is 13.6. The van der Waals surface area contributed by atoms with Crippen molar-refractivity contribution in [1.29, 1.82) is 0 Å². The molecule has 0 unspecified atom stereocenters. The lowest BCUT2D eigenvalue weighted by molar-refractivity contribution is 0.102. The largest absolute Gasteiger partial charge is 0.371 e. The van der Waals surface area contributed by atoms with E-state index in [4.69, 9.17) is 0 Å². The van der Waals surface area contributed by atoms with E-state index in [9.17, 15) is 13.2 Å². The average Bonchev–Trinajstić information content (AvgIpc) is 3.66. The molecule has 1 saturated carbocycles. The van der Waals surface area contributed by atoms with Gasteiger partial charge < -0.3 is 10.2 Å². The summed E-state index contributed by atoms with van der Waals surface area (Å²) in [5.74, 6) is 0.619. The third kappa shape index (κ3) is 7.04. The zero-order valence-corrected chi connectivity index (χ0v) is 24.5. The highest BCUT2D eigenvalue weighted by Crippen LogP contribution is 2.54. The molecule has 0 radical (unpaired) electrons. The number of benzene rings is 3. The number of amides is 1. The highest BCUT2D eigenvalue weighted by atomic mass is 32.2. The fraction of sp³-hybridized carbons (Fsp3) is 0.387. The number of nitrogens with zero attached hydrogens (tertiary/aromatic N) is 1. The van der Waals surface area contributed by atoms with E-state index in [1.807, 2.05) is 18.2 Å². The Hall–Kier alpha value is -2.81. The van der Waals surface area contributed by atoms with Gasteiger partial charge in [0.25, 0.3) is 5.91 Å². The van der Waals surface area contributed by atoms with E-state index in [2.05, 4.69) is 45.3 Å². The first-order valence-corrected chi connectivity index (χ1v) is 16.0. The molecule has 39 heavy (non-hydrogen) atoms. The van der Waals surface area contributed by atoms with Crippen molar-refractivity contribution in [3.8, 4) is 0 Å². The van der Waals surface area contributed by atoms with E-state index in [1.165, 1.54) is 30.5 Å². The molecule has 1 aliphatic carbocycles. The molecule has 0 atom stereocenters. The third-order valence-electron chi connectivity index (χ3n) is 7.43. The van der Waals surface area contributed by atoms with Crippen LogP contribution in [0, 0.1) is 5.41 Å². The minimum absolute atomic E-state index is 0.119. The fourth-order valence-corrected chi connectivity index (χ4v) is 7.44. The molecular formula is C31H37N3O3S2. The van der Waals surface area contributed by atoms with Crippen LogP contribution in [-0.2, 0) is 15.8 Å². The van der Waals surface area contributed by atoms with Gasteiger partial charge in [-0.25, -0.2) is 13.1 Å². The molecule has 5 rings (SSSR count). The predicted molar refractivity (Wildman–Crippen MR) is 160 cm³/mol. The number of sulfonamides is 1. The Morgan fingerprint density at radius 1 is 0.923 bits per heavy atom. The molecule has 206 valence electrons. The molecular weight excluding hydrogens is 526 g/mol. The SMILES string of the molecule is CC(C)(C)NS(=O)(=O)c1cccc(NC(=O)c2ccc(SCc3ccccc3)cc2N2CCC3(CC2)CC3)c1. The van der Waals surface area contributed by atoms with Gasteiger partial charge in [-0.1, -0.05) is 36.4 Å². The molecule has 6 nitrogen and oxygen atoms in total. The molecule has 1 saturated heterocycles. The first-order chi connectivity index (χ1) is 18.5. The number of carbonyl (C=O) groups excluding carboxylic acids is 1. The van der Waals surface area contributed by atoms with Crippen LogP contribution in [0.4, 0.5) is 11.4 Å². The van der Waals surface area contributed by atoms with Crippen LogP contribution in [0.3, 0.4) is 0 Å². The van der Waals surface area contributed by atoms with Crippen LogP contribution in [0.2, 0.25) is 0 Å². The molecule has 0 bridgehead atoms. The van der Waals surface area contributed by atoms with Gasteiger partial charge in [-0.15, -0.1) is 11.8 Å². The monoisotopic (exact) mass is 563 g/mol. The average molecular weight is 564 g/mol. The van der Waals surface area contributed by atoms with Gasteiger partial charge in [-0.2, -0.15) is 0 Å². The van der Waals surface area contributed by atoms with Crippen molar-refractivity contribution in [1.82, 2.24) is 4.72 Å². The summed E-state index contributed by atoms with van der Waals surface area (Å²) in [7, 11) is -3.72. The summed E-state index contributed by atoms with van der Waals surface area (Å²) in [6.45, 7) is 7.28. The lowest BCUT2D eigenvalue weighted by atomic mass is 9.93. The van der Waals surface area contributed by atoms with Gasteiger partial charge in [0, 0.05) is 35.0 Å². The van der Waals surface area contributed by atoms with Crippen LogP contribution in [0.25, 0.3) is 0 Å². The number of anilines is 2. The van der Waals surface area contributed by atoms with Crippen molar-refractivity contribution in [3.05, 3.63) is 83.9 Å². The molecule has 2 fully saturated rings. The van der Waals surface area contributed by atoms with Gasteiger partial charge in [-0.05, 0) is 93.8 Å². The molecule has 2 N–H and O–H groups in total. The van der Waals surface area contributed by atoms with Gasteiger partial charge in [-0.3, -0.25) is 4.79 Å². The summed E-state index contributed by atoms with van der Waals surface area (Å²) in [4.78, 5) is 17.2. The number of thioether (sulfide) groups is 1.